The number of rotatable bonds is 6. The van der Waals surface area contributed by atoms with Gasteiger partial charge in [-0.25, -0.2) is 4.39 Å². The zero-order chi connectivity index (χ0) is 16.7. The van der Waals surface area contributed by atoms with E-state index >= 15 is 0 Å². The highest BCUT2D eigenvalue weighted by Gasteiger charge is 2.06. The first-order chi connectivity index (χ1) is 11.1. The van der Waals surface area contributed by atoms with Crippen molar-refractivity contribution in [3.8, 4) is 0 Å². The van der Waals surface area contributed by atoms with Gasteiger partial charge in [0.1, 0.15) is 5.82 Å². The highest BCUT2D eigenvalue weighted by Crippen LogP contribution is 2.08. The Hall–Kier alpha value is -2.37. The number of nitrogens with one attached hydrogen (secondary N) is 2. The molecule has 0 aliphatic rings. The van der Waals surface area contributed by atoms with E-state index in [1.54, 1.807) is 26.2 Å². The van der Waals surface area contributed by atoms with Crippen LogP contribution in [0.15, 0.2) is 41.7 Å². The lowest BCUT2D eigenvalue weighted by Gasteiger charge is -2.16. The third-order valence-electron chi connectivity index (χ3n) is 3.58. The standard InChI is InChI=1S/C17H24FN5/c1-13(12-23-8-4-7-22-23)10-20-17(19-3)21-11-15-5-6-16(18)14(2)9-15/h4-9,13H,10-12H2,1-3H3,(H2,19,20,21). The average molecular weight is 317 g/mol. The van der Waals surface area contributed by atoms with Crippen LogP contribution >= 0.6 is 0 Å². The minimum absolute atomic E-state index is 0.177. The first-order valence-corrected chi connectivity index (χ1v) is 7.75. The summed E-state index contributed by atoms with van der Waals surface area (Å²) in [4.78, 5) is 4.21. The highest BCUT2D eigenvalue weighted by atomic mass is 19.1. The van der Waals surface area contributed by atoms with Crippen LogP contribution in [0.3, 0.4) is 0 Å². The van der Waals surface area contributed by atoms with E-state index in [4.69, 9.17) is 0 Å². The molecule has 1 aromatic heterocycles. The predicted octanol–water partition coefficient (Wildman–Crippen LogP) is 2.33. The van der Waals surface area contributed by atoms with Gasteiger partial charge in [0.15, 0.2) is 5.96 Å². The van der Waals surface area contributed by atoms with Gasteiger partial charge in [-0.05, 0) is 36.1 Å². The first-order valence-electron chi connectivity index (χ1n) is 7.75. The molecule has 0 bridgehead atoms. The maximum atomic E-state index is 13.3. The number of hydrogen-bond donors (Lipinski definition) is 2. The summed E-state index contributed by atoms with van der Waals surface area (Å²) in [6.07, 6.45) is 3.74. The van der Waals surface area contributed by atoms with Gasteiger partial charge in [0, 0.05) is 39.1 Å². The highest BCUT2D eigenvalue weighted by molar-refractivity contribution is 5.79. The first kappa shape index (κ1) is 17.0. The Labute approximate surface area is 136 Å². The fourth-order valence-corrected chi connectivity index (χ4v) is 2.29. The number of halogens is 1. The van der Waals surface area contributed by atoms with Crippen molar-refractivity contribution in [3.63, 3.8) is 0 Å². The van der Waals surface area contributed by atoms with E-state index in [0.29, 0.717) is 18.0 Å². The van der Waals surface area contributed by atoms with E-state index in [9.17, 15) is 4.39 Å². The lowest BCUT2D eigenvalue weighted by molar-refractivity contribution is 0.443. The molecule has 2 rings (SSSR count). The molecule has 1 heterocycles. The second kappa shape index (κ2) is 8.31. The van der Waals surface area contributed by atoms with Gasteiger partial charge in [-0.15, -0.1) is 0 Å². The Morgan fingerprint density at radius 3 is 2.87 bits per heavy atom. The molecule has 0 aliphatic carbocycles. The van der Waals surface area contributed by atoms with Crippen LogP contribution in [0, 0.1) is 18.7 Å². The van der Waals surface area contributed by atoms with Crippen molar-refractivity contribution in [1.82, 2.24) is 20.4 Å². The van der Waals surface area contributed by atoms with E-state index in [0.717, 1.165) is 24.6 Å². The predicted molar refractivity (Wildman–Crippen MR) is 90.7 cm³/mol. The van der Waals surface area contributed by atoms with Gasteiger partial charge >= 0.3 is 0 Å². The summed E-state index contributed by atoms with van der Waals surface area (Å²) in [5, 5.41) is 10.7. The Balaban J connectivity index is 1.77. The van der Waals surface area contributed by atoms with Crippen LogP contribution in [0.25, 0.3) is 0 Å². The monoisotopic (exact) mass is 317 g/mol. The molecule has 23 heavy (non-hydrogen) atoms. The van der Waals surface area contributed by atoms with Gasteiger partial charge in [-0.2, -0.15) is 5.10 Å². The zero-order valence-corrected chi connectivity index (χ0v) is 13.9. The number of aromatic nitrogens is 2. The summed E-state index contributed by atoms with van der Waals surface area (Å²) in [7, 11) is 1.74. The topological polar surface area (TPSA) is 54.2 Å². The normalized spacial score (nSPS) is 13.0. The molecule has 5 nitrogen and oxygen atoms in total. The minimum Gasteiger partial charge on any atom is -0.356 e. The average Bonchev–Trinajstić information content (AvgIpc) is 3.03. The van der Waals surface area contributed by atoms with Crippen molar-refractivity contribution < 1.29 is 4.39 Å². The smallest absolute Gasteiger partial charge is 0.191 e. The van der Waals surface area contributed by atoms with E-state index < -0.39 is 0 Å². The lowest BCUT2D eigenvalue weighted by atomic mass is 10.1. The molecular weight excluding hydrogens is 293 g/mol. The largest absolute Gasteiger partial charge is 0.356 e. The Morgan fingerprint density at radius 2 is 2.22 bits per heavy atom. The number of aliphatic imine (C=N–C) groups is 1. The van der Waals surface area contributed by atoms with Crippen LogP contribution in [0.5, 0.6) is 0 Å². The summed E-state index contributed by atoms with van der Waals surface area (Å²) in [5.41, 5.74) is 1.68. The molecule has 0 amide bonds. The van der Waals surface area contributed by atoms with Crippen LogP contribution in [0.1, 0.15) is 18.1 Å². The van der Waals surface area contributed by atoms with Crippen molar-refractivity contribution in [2.24, 2.45) is 10.9 Å². The third-order valence-corrected chi connectivity index (χ3v) is 3.58. The van der Waals surface area contributed by atoms with E-state index in [1.165, 1.54) is 6.07 Å². The molecule has 2 aromatic rings. The van der Waals surface area contributed by atoms with Gasteiger partial charge in [-0.3, -0.25) is 9.67 Å². The van der Waals surface area contributed by atoms with Crippen LogP contribution in [0.4, 0.5) is 4.39 Å². The number of benzene rings is 1. The maximum Gasteiger partial charge on any atom is 0.191 e. The molecule has 1 atom stereocenters. The van der Waals surface area contributed by atoms with Crippen molar-refractivity contribution >= 4 is 5.96 Å². The molecule has 6 heteroatoms. The molecule has 0 fully saturated rings. The Kier molecular flexibility index (Phi) is 6.14. The van der Waals surface area contributed by atoms with Crippen LogP contribution in [-0.2, 0) is 13.1 Å². The Bertz CT molecular complexity index is 636. The lowest BCUT2D eigenvalue weighted by Crippen LogP contribution is -2.39. The fraction of sp³-hybridized carbons (Fsp3) is 0.412. The van der Waals surface area contributed by atoms with Gasteiger partial charge in [0.05, 0.1) is 0 Å². The molecule has 1 aromatic carbocycles. The summed E-state index contributed by atoms with van der Waals surface area (Å²) in [6.45, 7) is 6.18. The molecule has 0 aliphatic heterocycles. The van der Waals surface area contributed by atoms with E-state index in [2.05, 4.69) is 27.6 Å². The van der Waals surface area contributed by atoms with Crippen molar-refractivity contribution in [3.05, 3.63) is 53.6 Å². The van der Waals surface area contributed by atoms with Crippen molar-refractivity contribution in [1.29, 1.82) is 0 Å². The van der Waals surface area contributed by atoms with Gasteiger partial charge in [0.2, 0.25) is 0 Å². The zero-order valence-electron chi connectivity index (χ0n) is 13.9. The molecule has 1 unspecified atom stereocenters. The summed E-state index contributed by atoms with van der Waals surface area (Å²) < 4.78 is 15.2. The summed E-state index contributed by atoms with van der Waals surface area (Å²) in [5.74, 6) is 0.976. The van der Waals surface area contributed by atoms with Crippen molar-refractivity contribution in [2.75, 3.05) is 13.6 Å². The third kappa shape index (κ3) is 5.39. The molecule has 0 spiro atoms. The quantitative estimate of drug-likeness (QED) is 0.635. The molecule has 0 radical (unpaired) electrons. The number of aryl methyl sites for hydroxylation is 1. The molecule has 0 saturated heterocycles. The SMILES string of the molecule is CN=C(NCc1ccc(F)c(C)c1)NCC(C)Cn1cccn1. The molecule has 0 saturated carbocycles. The second-order valence-corrected chi connectivity index (χ2v) is 5.72. The van der Waals surface area contributed by atoms with E-state index in [1.807, 2.05) is 23.0 Å². The van der Waals surface area contributed by atoms with E-state index in [-0.39, 0.29) is 5.82 Å². The second-order valence-electron chi connectivity index (χ2n) is 5.72. The number of nitrogens with zero attached hydrogens (tertiary/aromatic N) is 3. The Morgan fingerprint density at radius 1 is 1.39 bits per heavy atom. The molecular formula is C17H24FN5. The van der Waals surface area contributed by atoms with Crippen LogP contribution in [-0.4, -0.2) is 29.3 Å². The fourth-order valence-electron chi connectivity index (χ4n) is 2.29. The van der Waals surface area contributed by atoms with Crippen molar-refractivity contribution in [2.45, 2.75) is 26.9 Å². The molecule has 124 valence electrons. The van der Waals surface area contributed by atoms with Gasteiger partial charge in [0.25, 0.3) is 0 Å². The van der Waals surface area contributed by atoms with Crippen LogP contribution in [0.2, 0.25) is 0 Å². The van der Waals surface area contributed by atoms with Gasteiger partial charge < -0.3 is 10.6 Å². The molecule has 2 N–H and O–H groups in total. The number of guanidine groups is 1. The maximum absolute atomic E-state index is 13.3. The summed E-state index contributed by atoms with van der Waals surface area (Å²) in [6, 6.07) is 7.04. The summed E-state index contributed by atoms with van der Waals surface area (Å²) >= 11 is 0. The number of hydrogen-bond acceptors (Lipinski definition) is 2. The van der Waals surface area contributed by atoms with Gasteiger partial charge in [-0.1, -0.05) is 19.1 Å². The minimum atomic E-state index is -0.177. The van der Waals surface area contributed by atoms with Crippen LogP contribution < -0.4 is 10.6 Å².